The monoisotopic (exact) mass is 264 g/mol. The largest absolute Gasteiger partial charge is 0.507 e. The van der Waals surface area contributed by atoms with Crippen LogP contribution in [-0.2, 0) is 4.79 Å². The molecular formula is C13H16N2O4. The fourth-order valence-corrected chi connectivity index (χ4v) is 2.10. The number of carbonyl (C=O) groups is 2. The predicted octanol–water partition coefficient (Wildman–Crippen LogP) is 1.17. The van der Waals surface area contributed by atoms with E-state index in [2.05, 4.69) is 10.6 Å². The van der Waals surface area contributed by atoms with Crippen LogP contribution in [0.2, 0.25) is 0 Å². The first-order valence-corrected chi connectivity index (χ1v) is 6.18. The average Bonchev–Trinajstić information content (AvgIpc) is 2.39. The fraction of sp³-hybridized carbons (Fsp3) is 0.385. The van der Waals surface area contributed by atoms with Gasteiger partial charge in [0.2, 0.25) is 5.91 Å². The van der Waals surface area contributed by atoms with Gasteiger partial charge in [0.05, 0.1) is 6.04 Å². The van der Waals surface area contributed by atoms with E-state index < -0.39 is 5.97 Å². The van der Waals surface area contributed by atoms with Crippen molar-refractivity contribution in [1.29, 1.82) is 0 Å². The van der Waals surface area contributed by atoms with Crippen molar-refractivity contribution >= 4 is 17.6 Å². The molecule has 4 N–H and O–H groups in total. The molecule has 0 aliphatic carbocycles. The second-order valence-electron chi connectivity index (χ2n) is 4.53. The third kappa shape index (κ3) is 3.23. The Labute approximate surface area is 110 Å². The van der Waals surface area contributed by atoms with Crippen molar-refractivity contribution in [1.82, 2.24) is 5.32 Å². The van der Waals surface area contributed by atoms with Gasteiger partial charge in [0.1, 0.15) is 11.3 Å². The molecule has 1 unspecified atom stereocenters. The summed E-state index contributed by atoms with van der Waals surface area (Å²) in [6, 6.07) is 3.74. The van der Waals surface area contributed by atoms with Crippen LogP contribution < -0.4 is 10.6 Å². The lowest BCUT2D eigenvalue weighted by atomic mass is 10.0. The molecule has 0 saturated carbocycles. The molecule has 102 valence electrons. The number of hydrogen-bond donors (Lipinski definition) is 4. The number of piperidine rings is 1. The smallest absolute Gasteiger partial charge is 0.339 e. The van der Waals surface area contributed by atoms with Gasteiger partial charge < -0.3 is 20.8 Å². The standard InChI is InChI=1S/C13H16N2O4/c16-11-7-8(4-5-9(11)13(18)19)15-12(17)10-3-1-2-6-14-10/h4-5,7,10,14,16H,1-3,6H2,(H,15,17)(H,18,19). The molecule has 1 amide bonds. The van der Waals surface area contributed by atoms with E-state index in [-0.39, 0.29) is 23.3 Å². The Hall–Kier alpha value is -2.08. The summed E-state index contributed by atoms with van der Waals surface area (Å²) in [4.78, 5) is 22.7. The van der Waals surface area contributed by atoms with Crippen LogP contribution in [0.3, 0.4) is 0 Å². The van der Waals surface area contributed by atoms with E-state index in [0.29, 0.717) is 5.69 Å². The Kier molecular flexibility index (Phi) is 4.01. The van der Waals surface area contributed by atoms with Crippen LogP contribution in [0, 0.1) is 0 Å². The lowest BCUT2D eigenvalue weighted by Crippen LogP contribution is -2.43. The van der Waals surface area contributed by atoms with Crippen LogP contribution in [0.15, 0.2) is 18.2 Å². The third-order valence-corrected chi connectivity index (χ3v) is 3.12. The number of amides is 1. The first-order valence-electron chi connectivity index (χ1n) is 6.18. The maximum atomic E-state index is 11.9. The van der Waals surface area contributed by atoms with Gasteiger partial charge in [-0.3, -0.25) is 4.79 Å². The first kappa shape index (κ1) is 13.4. The molecule has 1 aromatic rings. The molecule has 0 bridgehead atoms. The highest BCUT2D eigenvalue weighted by molar-refractivity contribution is 5.96. The number of nitrogens with one attached hydrogen (secondary N) is 2. The van der Waals surface area contributed by atoms with Gasteiger partial charge in [-0.05, 0) is 31.5 Å². The Morgan fingerprint density at radius 1 is 1.32 bits per heavy atom. The summed E-state index contributed by atoms with van der Waals surface area (Å²) >= 11 is 0. The zero-order valence-electron chi connectivity index (χ0n) is 10.3. The Balaban J connectivity index is 2.04. The molecule has 6 heteroatoms. The van der Waals surface area contributed by atoms with Gasteiger partial charge in [0, 0.05) is 11.8 Å². The van der Waals surface area contributed by atoms with Crippen LogP contribution in [0.25, 0.3) is 0 Å². The zero-order chi connectivity index (χ0) is 13.8. The number of carbonyl (C=O) groups excluding carboxylic acids is 1. The molecule has 0 spiro atoms. The van der Waals surface area contributed by atoms with Crippen molar-refractivity contribution in [3.63, 3.8) is 0 Å². The van der Waals surface area contributed by atoms with Crippen molar-refractivity contribution in [3.8, 4) is 5.75 Å². The average molecular weight is 264 g/mol. The van der Waals surface area contributed by atoms with Gasteiger partial charge in [-0.25, -0.2) is 4.79 Å². The molecule has 0 radical (unpaired) electrons. The Bertz CT molecular complexity index is 495. The third-order valence-electron chi connectivity index (χ3n) is 3.12. The minimum absolute atomic E-state index is 0.165. The Morgan fingerprint density at radius 3 is 2.68 bits per heavy atom. The van der Waals surface area contributed by atoms with Gasteiger partial charge in [0.15, 0.2) is 0 Å². The summed E-state index contributed by atoms with van der Waals surface area (Å²) in [5, 5.41) is 24.1. The van der Waals surface area contributed by atoms with E-state index >= 15 is 0 Å². The minimum Gasteiger partial charge on any atom is -0.507 e. The van der Waals surface area contributed by atoms with E-state index in [1.54, 1.807) is 0 Å². The van der Waals surface area contributed by atoms with Crippen LogP contribution in [0.5, 0.6) is 5.75 Å². The van der Waals surface area contributed by atoms with E-state index in [0.717, 1.165) is 25.8 Å². The molecule has 1 aromatic carbocycles. The highest BCUT2D eigenvalue weighted by Gasteiger charge is 2.20. The van der Waals surface area contributed by atoms with Gasteiger partial charge in [-0.2, -0.15) is 0 Å². The van der Waals surface area contributed by atoms with Gasteiger partial charge in [-0.15, -0.1) is 0 Å². The normalized spacial score (nSPS) is 18.8. The maximum absolute atomic E-state index is 11.9. The summed E-state index contributed by atoms with van der Waals surface area (Å²) in [6.07, 6.45) is 2.86. The van der Waals surface area contributed by atoms with E-state index in [9.17, 15) is 14.7 Å². The van der Waals surface area contributed by atoms with Crippen LogP contribution in [0.1, 0.15) is 29.6 Å². The van der Waals surface area contributed by atoms with Crippen molar-refractivity contribution in [2.75, 3.05) is 11.9 Å². The quantitative estimate of drug-likeness (QED) is 0.657. The number of anilines is 1. The van der Waals surface area contributed by atoms with Gasteiger partial charge in [0.25, 0.3) is 0 Å². The van der Waals surface area contributed by atoms with Crippen molar-refractivity contribution < 1.29 is 19.8 Å². The molecule has 19 heavy (non-hydrogen) atoms. The number of rotatable bonds is 3. The molecule has 6 nitrogen and oxygen atoms in total. The molecule has 2 rings (SSSR count). The lowest BCUT2D eigenvalue weighted by molar-refractivity contribution is -0.118. The number of carboxylic acids is 1. The van der Waals surface area contributed by atoms with E-state index in [4.69, 9.17) is 5.11 Å². The van der Waals surface area contributed by atoms with Crippen LogP contribution >= 0.6 is 0 Å². The highest BCUT2D eigenvalue weighted by atomic mass is 16.4. The summed E-state index contributed by atoms with van der Waals surface area (Å²) in [5.74, 6) is -1.73. The number of aromatic carboxylic acids is 1. The SMILES string of the molecule is O=C(O)c1ccc(NC(=O)C2CCCCN2)cc1O. The summed E-state index contributed by atoms with van der Waals surface area (Å²) in [6.45, 7) is 0.821. The molecule has 0 aromatic heterocycles. The van der Waals surface area contributed by atoms with Crippen molar-refractivity contribution in [2.45, 2.75) is 25.3 Å². The predicted molar refractivity (Wildman–Crippen MR) is 69.3 cm³/mol. The summed E-state index contributed by atoms with van der Waals surface area (Å²) in [7, 11) is 0. The number of phenols is 1. The lowest BCUT2D eigenvalue weighted by Gasteiger charge is -2.22. The number of aromatic hydroxyl groups is 1. The number of benzene rings is 1. The molecule has 1 aliphatic heterocycles. The molecule has 1 fully saturated rings. The van der Waals surface area contributed by atoms with Crippen LogP contribution in [-0.4, -0.2) is 34.7 Å². The van der Waals surface area contributed by atoms with E-state index in [1.807, 2.05) is 0 Å². The van der Waals surface area contributed by atoms with Gasteiger partial charge >= 0.3 is 5.97 Å². The Morgan fingerprint density at radius 2 is 2.11 bits per heavy atom. The molecule has 1 atom stereocenters. The second kappa shape index (κ2) is 5.71. The molecule has 1 saturated heterocycles. The topological polar surface area (TPSA) is 98.7 Å². The summed E-state index contributed by atoms with van der Waals surface area (Å²) in [5.41, 5.74) is 0.202. The highest BCUT2D eigenvalue weighted by Crippen LogP contribution is 2.22. The molecular weight excluding hydrogens is 248 g/mol. The first-order chi connectivity index (χ1) is 9.08. The van der Waals surface area contributed by atoms with Crippen molar-refractivity contribution in [2.24, 2.45) is 0 Å². The number of carboxylic acid groups (broad SMARTS) is 1. The van der Waals surface area contributed by atoms with Gasteiger partial charge in [-0.1, -0.05) is 6.42 Å². The van der Waals surface area contributed by atoms with Crippen LogP contribution in [0.4, 0.5) is 5.69 Å². The summed E-state index contributed by atoms with van der Waals surface area (Å²) < 4.78 is 0. The van der Waals surface area contributed by atoms with Crippen molar-refractivity contribution in [3.05, 3.63) is 23.8 Å². The maximum Gasteiger partial charge on any atom is 0.339 e. The zero-order valence-corrected chi connectivity index (χ0v) is 10.3. The molecule has 1 aliphatic rings. The fourth-order valence-electron chi connectivity index (χ4n) is 2.10. The molecule has 1 heterocycles. The number of hydrogen-bond acceptors (Lipinski definition) is 4. The van der Waals surface area contributed by atoms with E-state index in [1.165, 1.54) is 18.2 Å². The second-order valence-corrected chi connectivity index (χ2v) is 4.53. The minimum atomic E-state index is -1.20.